The van der Waals surface area contributed by atoms with E-state index in [9.17, 15) is 9.59 Å². The van der Waals surface area contributed by atoms with Crippen LogP contribution in [0.1, 0.15) is 51.6 Å². The van der Waals surface area contributed by atoms with E-state index >= 15 is 0 Å². The summed E-state index contributed by atoms with van der Waals surface area (Å²) in [6, 6.07) is 4.34. The van der Waals surface area contributed by atoms with Crippen molar-refractivity contribution in [1.82, 2.24) is 10.6 Å². The Labute approximate surface area is 160 Å². The number of hydrogen-bond donors (Lipinski definition) is 2. The number of allylic oxidation sites excluding steroid dienone is 1. The van der Waals surface area contributed by atoms with Crippen LogP contribution >= 0.6 is 0 Å². The van der Waals surface area contributed by atoms with Crippen LogP contribution in [0.15, 0.2) is 29.5 Å². The first-order chi connectivity index (χ1) is 12.9. The second-order valence-corrected chi connectivity index (χ2v) is 6.60. The summed E-state index contributed by atoms with van der Waals surface area (Å²) in [5.74, 6) is 0.654. The highest BCUT2D eigenvalue weighted by Crippen LogP contribution is 2.35. The first-order valence-electron chi connectivity index (χ1n) is 9.14. The van der Waals surface area contributed by atoms with Crippen LogP contribution in [0.4, 0.5) is 4.79 Å². The third-order valence-electron chi connectivity index (χ3n) is 4.24. The van der Waals surface area contributed by atoms with Gasteiger partial charge in [0.1, 0.15) is 0 Å². The van der Waals surface area contributed by atoms with Crippen molar-refractivity contribution in [2.75, 3.05) is 14.2 Å². The third-order valence-corrected chi connectivity index (χ3v) is 4.24. The zero-order chi connectivity index (χ0) is 20.0. The summed E-state index contributed by atoms with van der Waals surface area (Å²) in [5.41, 5.74) is 1.74. The van der Waals surface area contributed by atoms with Crippen LogP contribution in [-0.2, 0) is 9.53 Å². The first-order valence-corrected chi connectivity index (χ1v) is 9.14. The van der Waals surface area contributed by atoms with Crippen LogP contribution in [0.5, 0.6) is 11.5 Å². The van der Waals surface area contributed by atoms with Gasteiger partial charge in [-0.05, 0) is 44.4 Å². The highest BCUT2D eigenvalue weighted by Gasteiger charge is 2.34. The molecule has 0 aromatic heterocycles. The fourth-order valence-electron chi connectivity index (χ4n) is 2.97. The van der Waals surface area contributed by atoms with E-state index in [1.165, 1.54) is 0 Å². The second kappa shape index (κ2) is 9.30. The maximum Gasteiger partial charge on any atom is 0.338 e. The number of amides is 2. The molecule has 1 unspecified atom stereocenters. The molecule has 0 radical (unpaired) electrons. The van der Waals surface area contributed by atoms with Crippen molar-refractivity contribution in [3.05, 3.63) is 35.0 Å². The Bertz CT molecular complexity index is 727. The molecule has 7 nitrogen and oxygen atoms in total. The van der Waals surface area contributed by atoms with Crippen molar-refractivity contribution in [3.8, 4) is 11.5 Å². The van der Waals surface area contributed by atoms with Gasteiger partial charge in [-0.15, -0.1) is 0 Å². The number of rotatable bonds is 8. The SMILES string of the molecule is CCCCC1=C(C(=O)OC(C)C)C(c2ccc(OC)c(OC)c2)NC(=O)N1. The van der Waals surface area contributed by atoms with Gasteiger partial charge in [-0.2, -0.15) is 0 Å². The molecular formula is C20H28N2O5. The number of urea groups is 1. The maximum atomic E-state index is 12.8. The molecule has 0 fully saturated rings. The monoisotopic (exact) mass is 376 g/mol. The summed E-state index contributed by atoms with van der Waals surface area (Å²) in [6.07, 6.45) is 2.13. The zero-order valence-electron chi connectivity index (χ0n) is 16.5. The highest BCUT2D eigenvalue weighted by molar-refractivity contribution is 5.95. The van der Waals surface area contributed by atoms with Crippen molar-refractivity contribution in [2.45, 2.75) is 52.2 Å². The number of unbranched alkanes of at least 4 members (excludes halogenated alkanes) is 1. The molecule has 27 heavy (non-hydrogen) atoms. The quantitative estimate of drug-likeness (QED) is 0.679. The summed E-state index contributed by atoms with van der Waals surface area (Å²) < 4.78 is 16.1. The molecule has 0 saturated carbocycles. The second-order valence-electron chi connectivity index (χ2n) is 6.60. The van der Waals surface area contributed by atoms with E-state index in [1.54, 1.807) is 46.3 Å². The lowest BCUT2D eigenvalue weighted by atomic mass is 9.93. The molecule has 1 aromatic carbocycles. The molecular weight excluding hydrogens is 348 g/mol. The minimum Gasteiger partial charge on any atom is -0.493 e. The number of esters is 1. The Morgan fingerprint density at radius 3 is 2.48 bits per heavy atom. The van der Waals surface area contributed by atoms with Crippen molar-refractivity contribution in [2.24, 2.45) is 0 Å². The first kappa shape index (κ1) is 20.6. The molecule has 0 aliphatic carbocycles. The highest BCUT2D eigenvalue weighted by atomic mass is 16.5. The number of ether oxygens (including phenoxy) is 3. The lowest BCUT2D eigenvalue weighted by Gasteiger charge is -2.30. The lowest BCUT2D eigenvalue weighted by Crippen LogP contribution is -2.46. The molecule has 1 aliphatic heterocycles. The topological polar surface area (TPSA) is 85.9 Å². The smallest absolute Gasteiger partial charge is 0.338 e. The Balaban J connectivity index is 2.52. The average Bonchev–Trinajstić information content (AvgIpc) is 2.64. The minimum absolute atomic E-state index is 0.263. The standard InChI is InChI=1S/C20H28N2O5/c1-6-7-8-14-17(19(23)27-12(2)3)18(22-20(24)21-14)13-9-10-15(25-4)16(11-13)26-5/h9-12,18H,6-8H2,1-5H3,(H2,21,22,24). The van der Waals surface area contributed by atoms with Crippen LogP contribution in [0.25, 0.3) is 0 Å². The molecule has 1 atom stereocenters. The average molecular weight is 376 g/mol. The van der Waals surface area contributed by atoms with Crippen LogP contribution in [0, 0.1) is 0 Å². The van der Waals surface area contributed by atoms with Crippen LogP contribution in [0.2, 0.25) is 0 Å². The number of benzene rings is 1. The molecule has 148 valence electrons. The van der Waals surface area contributed by atoms with Crippen LogP contribution < -0.4 is 20.1 Å². The summed E-state index contributed by atoms with van der Waals surface area (Å²) in [7, 11) is 3.09. The summed E-state index contributed by atoms with van der Waals surface area (Å²) in [5, 5.41) is 5.61. The number of hydrogen-bond acceptors (Lipinski definition) is 5. The van der Waals surface area contributed by atoms with Crippen molar-refractivity contribution in [1.29, 1.82) is 0 Å². The Hall–Kier alpha value is -2.70. The van der Waals surface area contributed by atoms with E-state index in [2.05, 4.69) is 17.6 Å². The summed E-state index contributed by atoms with van der Waals surface area (Å²) >= 11 is 0. The number of methoxy groups -OCH3 is 2. The summed E-state index contributed by atoms with van der Waals surface area (Å²) in [6.45, 7) is 5.65. The Kier molecular flexibility index (Phi) is 7.10. The molecule has 7 heteroatoms. The van der Waals surface area contributed by atoms with E-state index < -0.39 is 12.0 Å². The van der Waals surface area contributed by atoms with Gasteiger partial charge >= 0.3 is 12.0 Å². The van der Waals surface area contributed by atoms with Gasteiger partial charge in [-0.3, -0.25) is 0 Å². The van der Waals surface area contributed by atoms with Gasteiger partial charge < -0.3 is 24.8 Å². The van der Waals surface area contributed by atoms with Gasteiger partial charge in [0, 0.05) is 5.70 Å². The van der Waals surface area contributed by atoms with Gasteiger partial charge in [0.15, 0.2) is 11.5 Å². The maximum absolute atomic E-state index is 12.8. The molecule has 0 saturated heterocycles. The largest absolute Gasteiger partial charge is 0.493 e. The van der Waals surface area contributed by atoms with Gasteiger partial charge in [-0.1, -0.05) is 19.4 Å². The lowest BCUT2D eigenvalue weighted by molar-refractivity contribution is -0.143. The zero-order valence-corrected chi connectivity index (χ0v) is 16.5. The van der Waals surface area contributed by atoms with Crippen molar-refractivity contribution in [3.63, 3.8) is 0 Å². The fourth-order valence-corrected chi connectivity index (χ4v) is 2.97. The summed E-state index contributed by atoms with van der Waals surface area (Å²) in [4.78, 5) is 25.0. The number of carbonyl (C=O) groups is 2. The predicted octanol–water partition coefficient (Wildman–Crippen LogP) is 3.45. The molecule has 1 aromatic rings. The van der Waals surface area contributed by atoms with E-state index in [0.29, 0.717) is 34.8 Å². The molecule has 1 heterocycles. The molecule has 0 bridgehead atoms. The van der Waals surface area contributed by atoms with Crippen molar-refractivity contribution >= 4 is 12.0 Å². The van der Waals surface area contributed by atoms with E-state index in [-0.39, 0.29) is 12.1 Å². The van der Waals surface area contributed by atoms with Crippen molar-refractivity contribution < 1.29 is 23.8 Å². The molecule has 2 rings (SSSR count). The van der Waals surface area contributed by atoms with E-state index in [0.717, 1.165) is 12.8 Å². The van der Waals surface area contributed by atoms with Gasteiger partial charge in [0.05, 0.1) is 31.9 Å². The minimum atomic E-state index is -0.628. The van der Waals surface area contributed by atoms with Gasteiger partial charge in [-0.25, -0.2) is 9.59 Å². The predicted molar refractivity (Wildman–Crippen MR) is 102 cm³/mol. The molecule has 1 aliphatic rings. The Morgan fingerprint density at radius 1 is 1.19 bits per heavy atom. The van der Waals surface area contributed by atoms with Gasteiger partial charge in [0.25, 0.3) is 0 Å². The molecule has 0 spiro atoms. The van der Waals surface area contributed by atoms with E-state index in [1.807, 2.05) is 0 Å². The third kappa shape index (κ3) is 4.93. The Morgan fingerprint density at radius 2 is 1.89 bits per heavy atom. The fraction of sp³-hybridized carbons (Fsp3) is 0.500. The van der Waals surface area contributed by atoms with Gasteiger partial charge in [0.2, 0.25) is 0 Å². The van der Waals surface area contributed by atoms with Crippen LogP contribution in [-0.4, -0.2) is 32.3 Å². The van der Waals surface area contributed by atoms with E-state index in [4.69, 9.17) is 14.2 Å². The number of carbonyl (C=O) groups excluding carboxylic acids is 2. The molecule has 2 amide bonds. The number of nitrogens with one attached hydrogen (secondary N) is 2. The molecule has 2 N–H and O–H groups in total. The normalized spacial score (nSPS) is 16.7. The van der Waals surface area contributed by atoms with Crippen LogP contribution in [0.3, 0.4) is 0 Å².